The average molecular weight is 366 g/mol. The predicted octanol–water partition coefficient (Wildman–Crippen LogP) is 3.99. The van der Waals surface area contributed by atoms with E-state index in [2.05, 4.69) is 5.32 Å². The van der Waals surface area contributed by atoms with E-state index in [-0.39, 0.29) is 10.6 Å². The lowest BCUT2D eigenvalue weighted by Gasteiger charge is -2.14. The summed E-state index contributed by atoms with van der Waals surface area (Å²) in [6.45, 7) is 1.44. The third-order valence-electron chi connectivity index (χ3n) is 3.14. The fraction of sp³-hybridized carbons (Fsp3) is 0.118. The van der Waals surface area contributed by atoms with E-state index in [0.29, 0.717) is 22.6 Å². The van der Waals surface area contributed by atoms with Crippen molar-refractivity contribution in [3.05, 3.63) is 63.6 Å². The second kappa shape index (κ2) is 7.95. The topological polar surface area (TPSA) is 72.5 Å². The van der Waals surface area contributed by atoms with E-state index in [0.717, 1.165) is 0 Å². The minimum atomic E-state index is -1.04. The van der Waals surface area contributed by atoms with Crippen molar-refractivity contribution in [3.8, 4) is 0 Å². The molecule has 0 spiro atoms. The number of aldehydes is 1. The van der Waals surface area contributed by atoms with Crippen LogP contribution >= 0.6 is 23.2 Å². The summed E-state index contributed by atoms with van der Waals surface area (Å²) in [5, 5.41) is 3.05. The number of ether oxygens (including phenoxy) is 1. The van der Waals surface area contributed by atoms with Gasteiger partial charge in [-0.3, -0.25) is 9.59 Å². The number of carbonyl (C=O) groups is 3. The molecule has 0 saturated heterocycles. The van der Waals surface area contributed by atoms with Crippen LogP contribution in [0.4, 0.5) is 5.69 Å². The summed E-state index contributed by atoms with van der Waals surface area (Å²) in [4.78, 5) is 34.7. The number of benzene rings is 2. The highest BCUT2D eigenvalue weighted by molar-refractivity contribution is 6.44. The number of rotatable bonds is 5. The van der Waals surface area contributed by atoms with Crippen molar-refractivity contribution in [1.29, 1.82) is 0 Å². The van der Waals surface area contributed by atoms with Gasteiger partial charge in [0.2, 0.25) is 0 Å². The number of anilines is 1. The van der Waals surface area contributed by atoms with Crippen LogP contribution in [0.3, 0.4) is 0 Å². The van der Waals surface area contributed by atoms with Gasteiger partial charge in [-0.25, -0.2) is 4.79 Å². The van der Waals surface area contributed by atoms with E-state index in [9.17, 15) is 14.4 Å². The number of hydrogen-bond acceptors (Lipinski definition) is 4. The zero-order valence-corrected chi connectivity index (χ0v) is 14.1. The first-order chi connectivity index (χ1) is 11.4. The maximum Gasteiger partial charge on any atom is 0.338 e. The van der Waals surface area contributed by atoms with Gasteiger partial charge in [-0.05, 0) is 31.2 Å². The van der Waals surface area contributed by atoms with Gasteiger partial charge in [0.05, 0.1) is 21.3 Å². The number of nitrogens with one attached hydrogen (secondary N) is 1. The quantitative estimate of drug-likeness (QED) is 0.642. The maximum atomic E-state index is 12.1. The Morgan fingerprint density at radius 2 is 1.79 bits per heavy atom. The van der Waals surface area contributed by atoms with Crippen LogP contribution in [-0.4, -0.2) is 24.3 Å². The van der Waals surface area contributed by atoms with Crippen LogP contribution in [0, 0.1) is 0 Å². The molecule has 0 fully saturated rings. The number of hydrogen-bond donors (Lipinski definition) is 1. The van der Waals surface area contributed by atoms with Gasteiger partial charge in [0, 0.05) is 5.56 Å². The molecule has 0 unspecified atom stereocenters. The van der Waals surface area contributed by atoms with Crippen molar-refractivity contribution < 1.29 is 19.1 Å². The van der Waals surface area contributed by atoms with E-state index in [1.165, 1.54) is 31.2 Å². The molecule has 0 radical (unpaired) electrons. The Hall–Kier alpha value is -2.37. The smallest absolute Gasteiger partial charge is 0.338 e. The van der Waals surface area contributed by atoms with Gasteiger partial charge < -0.3 is 10.1 Å². The van der Waals surface area contributed by atoms with Crippen LogP contribution in [0.5, 0.6) is 0 Å². The van der Waals surface area contributed by atoms with Crippen molar-refractivity contribution >= 4 is 47.1 Å². The van der Waals surface area contributed by atoms with Gasteiger partial charge in [-0.2, -0.15) is 0 Å². The standard InChI is InChI=1S/C17H13Cl2NO4/c1-10(16(22)20-14-4-2-3-13(18)15(14)19)24-17(23)12-7-5-11(9-21)6-8-12/h2-10H,1H3,(H,20,22)/t10-/m1/s1. The van der Waals surface area contributed by atoms with Gasteiger partial charge >= 0.3 is 5.97 Å². The molecule has 0 aliphatic heterocycles. The molecule has 24 heavy (non-hydrogen) atoms. The molecule has 2 aromatic carbocycles. The first kappa shape index (κ1) is 18.0. The summed E-state index contributed by atoms with van der Waals surface area (Å²) in [5.41, 5.74) is 1.00. The first-order valence-electron chi connectivity index (χ1n) is 6.93. The molecule has 0 saturated carbocycles. The summed E-state index contributed by atoms with van der Waals surface area (Å²) in [7, 11) is 0. The van der Waals surface area contributed by atoms with Crippen LogP contribution in [-0.2, 0) is 9.53 Å². The van der Waals surface area contributed by atoms with Crippen molar-refractivity contribution in [2.24, 2.45) is 0 Å². The molecular weight excluding hydrogens is 353 g/mol. The molecule has 1 N–H and O–H groups in total. The summed E-state index contributed by atoms with van der Waals surface area (Å²) in [6.07, 6.45) is -0.377. The monoisotopic (exact) mass is 365 g/mol. The molecule has 5 nitrogen and oxygen atoms in total. The fourth-order valence-electron chi connectivity index (χ4n) is 1.81. The highest BCUT2D eigenvalue weighted by atomic mass is 35.5. The van der Waals surface area contributed by atoms with Crippen LogP contribution in [0.2, 0.25) is 10.0 Å². The average Bonchev–Trinajstić information content (AvgIpc) is 2.58. The van der Waals surface area contributed by atoms with E-state index in [1.807, 2.05) is 0 Å². The van der Waals surface area contributed by atoms with Crippen LogP contribution in [0.15, 0.2) is 42.5 Å². The van der Waals surface area contributed by atoms with Crippen molar-refractivity contribution in [2.75, 3.05) is 5.32 Å². The van der Waals surface area contributed by atoms with Gasteiger partial charge in [-0.15, -0.1) is 0 Å². The third-order valence-corrected chi connectivity index (χ3v) is 3.96. The zero-order valence-electron chi connectivity index (χ0n) is 12.6. The molecule has 0 heterocycles. The molecule has 2 rings (SSSR count). The Morgan fingerprint density at radius 1 is 1.12 bits per heavy atom. The van der Waals surface area contributed by atoms with E-state index in [1.54, 1.807) is 18.2 Å². The number of halogens is 2. The molecular formula is C17H13Cl2NO4. The molecule has 1 atom stereocenters. The fourth-order valence-corrected chi connectivity index (χ4v) is 2.16. The third kappa shape index (κ3) is 4.34. The number of amides is 1. The number of carbonyl (C=O) groups excluding carboxylic acids is 3. The Kier molecular flexibility index (Phi) is 5.95. The van der Waals surface area contributed by atoms with Crippen molar-refractivity contribution in [2.45, 2.75) is 13.0 Å². The normalized spacial score (nSPS) is 11.5. The molecule has 2 aromatic rings. The van der Waals surface area contributed by atoms with Crippen LogP contribution < -0.4 is 5.32 Å². The van der Waals surface area contributed by atoms with Gasteiger partial charge in [-0.1, -0.05) is 41.4 Å². The zero-order chi connectivity index (χ0) is 17.7. The first-order valence-corrected chi connectivity index (χ1v) is 7.69. The van der Waals surface area contributed by atoms with Crippen LogP contribution in [0.25, 0.3) is 0 Å². The summed E-state index contributed by atoms with van der Waals surface area (Å²) < 4.78 is 5.10. The van der Waals surface area contributed by atoms with Gasteiger partial charge in [0.15, 0.2) is 6.10 Å². The van der Waals surface area contributed by atoms with E-state index >= 15 is 0 Å². The SMILES string of the molecule is C[C@@H](OC(=O)c1ccc(C=O)cc1)C(=O)Nc1cccc(Cl)c1Cl. The van der Waals surface area contributed by atoms with E-state index < -0.39 is 18.0 Å². The maximum absolute atomic E-state index is 12.1. The molecule has 7 heteroatoms. The lowest BCUT2D eigenvalue weighted by atomic mass is 10.1. The summed E-state index contributed by atoms with van der Waals surface area (Å²) in [6, 6.07) is 10.7. The molecule has 1 amide bonds. The molecule has 0 bridgehead atoms. The highest BCUT2D eigenvalue weighted by Gasteiger charge is 2.20. The second-order valence-corrected chi connectivity index (χ2v) is 5.66. The van der Waals surface area contributed by atoms with E-state index in [4.69, 9.17) is 27.9 Å². The molecule has 124 valence electrons. The minimum absolute atomic E-state index is 0.204. The summed E-state index contributed by atoms with van der Waals surface area (Å²) >= 11 is 11.9. The Balaban J connectivity index is 2.01. The van der Waals surface area contributed by atoms with Crippen molar-refractivity contribution in [1.82, 2.24) is 0 Å². The lowest BCUT2D eigenvalue weighted by molar-refractivity contribution is -0.123. The second-order valence-electron chi connectivity index (χ2n) is 4.88. The highest BCUT2D eigenvalue weighted by Crippen LogP contribution is 2.29. The van der Waals surface area contributed by atoms with Gasteiger partial charge in [0.25, 0.3) is 5.91 Å². The number of esters is 1. The molecule has 0 aliphatic rings. The molecule has 0 aliphatic carbocycles. The molecule has 0 aromatic heterocycles. The Labute approximate surface area is 148 Å². The summed E-state index contributed by atoms with van der Waals surface area (Å²) in [5.74, 6) is -1.22. The van der Waals surface area contributed by atoms with Crippen molar-refractivity contribution in [3.63, 3.8) is 0 Å². The predicted molar refractivity (Wildman–Crippen MR) is 91.8 cm³/mol. The largest absolute Gasteiger partial charge is 0.449 e. The Morgan fingerprint density at radius 3 is 2.42 bits per heavy atom. The minimum Gasteiger partial charge on any atom is -0.449 e. The van der Waals surface area contributed by atoms with Crippen LogP contribution in [0.1, 0.15) is 27.6 Å². The van der Waals surface area contributed by atoms with Gasteiger partial charge in [0.1, 0.15) is 6.29 Å². The lowest BCUT2D eigenvalue weighted by Crippen LogP contribution is -2.30. The Bertz CT molecular complexity index is 775.